The maximum absolute atomic E-state index is 12.3. The smallest absolute Gasteiger partial charge is 0.236 e. The number of ether oxygens (including phenoxy) is 1. The van der Waals surface area contributed by atoms with Crippen LogP contribution < -0.4 is 4.74 Å². The number of aryl methyl sites for hydroxylation is 1. The molecule has 2 heterocycles. The van der Waals surface area contributed by atoms with Gasteiger partial charge in [-0.2, -0.15) is 0 Å². The molecule has 0 radical (unpaired) electrons. The Hall–Kier alpha value is -2.40. The summed E-state index contributed by atoms with van der Waals surface area (Å²) in [5.41, 5.74) is 3.73. The Bertz CT molecular complexity index is 895. The summed E-state index contributed by atoms with van der Waals surface area (Å²) >= 11 is 1.58. The summed E-state index contributed by atoms with van der Waals surface area (Å²) in [7, 11) is 0. The predicted molar refractivity (Wildman–Crippen MR) is 92.7 cm³/mol. The quantitative estimate of drug-likeness (QED) is 0.672. The number of hydrogen-bond donors (Lipinski definition) is 0. The molecule has 0 unspecified atom stereocenters. The van der Waals surface area contributed by atoms with Crippen LogP contribution in [0.4, 0.5) is 0 Å². The van der Waals surface area contributed by atoms with Gasteiger partial charge in [0.05, 0.1) is 10.4 Å². The van der Waals surface area contributed by atoms with Gasteiger partial charge in [0.15, 0.2) is 5.78 Å². The van der Waals surface area contributed by atoms with E-state index in [-0.39, 0.29) is 18.3 Å². The second kappa shape index (κ2) is 5.91. The highest BCUT2D eigenvalue weighted by atomic mass is 32.1. The normalized spacial score (nSPS) is 16.4. The number of rotatable bonds is 4. The van der Waals surface area contributed by atoms with Gasteiger partial charge in [0.1, 0.15) is 24.3 Å². The number of ketones is 1. The van der Waals surface area contributed by atoms with E-state index in [1.807, 2.05) is 36.6 Å². The highest BCUT2D eigenvalue weighted by molar-refractivity contribution is 7.13. The Balaban J connectivity index is 1.56. The molecule has 0 bridgehead atoms. The van der Waals surface area contributed by atoms with Gasteiger partial charge in [0.25, 0.3) is 0 Å². The molecule has 0 aliphatic heterocycles. The molecule has 0 saturated carbocycles. The first-order chi connectivity index (χ1) is 11.6. The van der Waals surface area contributed by atoms with Crippen LogP contribution in [0, 0.1) is 6.92 Å². The predicted octanol–water partition coefficient (Wildman–Crippen LogP) is 4.98. The SMILES string of the molecule is Cc1ccc(OCc2coc(-c3cccs3)n2)c2c1[C@@H](C)CC2=O. The summed E-state index contributed by atoms with van der Waals surface area (Å²) in [6.07, 6.45) is 2.16. The van der Waals surface area contributed by atoms with E-state index in [1.54, 1.807) is 17.6 Å². The fourth-order valence-corrected chi connectivity index (χ4v) is 3.92. The molecule has 1 aromatic carbocycles. The van der Waals surface area contributed by atoms with E-state index in [2.05, 4.69) is 11.9 Å². The van der Waals surface area contributed by atoms with Crippen LogP contribution in [0.3, 0.4) is 0 Å². The van der Waals surface area contributed by atoms with Gasteiger partial charge in [-0.1, -0.05) is 19.1 Å². The van der Waals surface area contributed by atoms with Gasteiger partial charge in [0.2, 0.25) is 5.89 Å². The number of aromatic nitrogens is 1. The molecule has 4 nitrogen and oxygen atoms in total. The molecule has 0 spiro atoms. The first kappa shape index (κ1) is 15.1. The molecule has 5 heteroatoms. The number of carbonyl (C=O) groups excluding carboxylic acids is 1. The van der Waals surface area contributed by atoms with Gasteiger partial charge in [-0.25, -0.2) is 4.98 Å². The van der Waals surface area contributed by atoms with Crippen molar-refractivity contribution in [1.29, 1.82) is 0 Å². The summed E-state index contributed by atoms with van der Waals surface area (Å²) in [6.45, 7) is 4.42. The summed E-state index contributed by atoms with van der Waals surface area (Å²) in [6, 6.07) is 7.82. The minimum atomic E-state index is 0.163. The zero-order valence-corrected chi connectivity index (χ0v) is 14.4. The van der Waals surface area contributed by atoms with Crippen LogP contribution >= 0.6 is 11.3 Å². The van der Waals surface area contributed by atoms with Crippen LogP contribution in [0.15, 0.2) is 40.3 Å². The monoisotopic (exact) mass is 339 g/mol. The molecule has 2 aromatic heterocycles. The second-order valence-corrected chi connectivity index (χ2v) is 7.06. The van der Waals surface area contributed by atoms with Crippen molar-refractivity contribution in [3.05, 3.63) is 58.3 Å². The molecule has 4 rings (SSSR count). The van der Waals surface area contributed by atoms with E-state index < -0.39 is 0 Å². The molecule has 1 aliphatic rings. The zero-order chi connectivity index (χ0) is 16.7. The summed E-state index contributed by atoms with van der Waals surface area (Å²) in [4.78, 5) is 17.7. The van der Waals surface area contributed by atoms with E-state index in [4.69, 9.17) is 9.15 Å². The van der Waals surface area contributed by atoms with E-state index in [0.29, 0.717) is 23.8 Å². The number of oxazole rings is 1. The maximum atomic E-state index is 12.3. The van der Waals surface area contributed by atoms with E-state index in [1.165, 1.54) is 0 Å². The van der Waals surface area contributed by atoms with E-state index in [9.17, 15) is 4.79 Å². The summed E-state index contributed by atoms with van der Waals surface area (Å²) < 4.78 is 11.4. The minimum Gasteiger partial charge on any atom is -0.486 e. The van der Waals surface area contributed by atoms with Crippen molar-refractivity contribution in [3.8, 4) is 16.5 Å². The van der Waals surface area contributed by atoms with Crippen LogP contribution in [-0.4, -0.2) is 10.8 Å². The number of thiophene rings is 1. The van der Waals surface area contributed by atoms with Crippen LogP contribution in [0.1, 0.15) is 46.4 Å². The Morgan fingerprint density at radius 2 is 2.25 bits per heavy atom. The van der Waals surface area contributed by atoms with Crippen molar-refractivity contribution in [1.82, 2.24) is 4.98 Å². The second-order valence-electron chi connectivity index (χ2n) is 6.11. The Morgan fingerprint density at radius 3 is 3.04 bits per heavy atom. The lowest BCUT2D eigenvalue weighted by Crippen LogP contribution is -2.02. The lowest BCUT2D eigenvalue weighted by atomic mass is 9.97. The number of fused-ring (bicyclic) bond motifs is 1. The van der Waals surface area contributed by atoms with E-state index in [0.717, 1.165) is 21.6 Å². The van der Waals surface area contributed by atoms with Crippen molar-refractivity contribution in [3.63, 3.8) is 0 Å². The summed E-state index contributed by atoms with van der Waals surface area (Å²) in [5.74, 6) is 1.66. The largest absolute Gasteiger partial charge is 0.486 e. The molecule has 0 fully saturated rings. The summed E-state index contributed by atoms with van der Waals surface area (Å²) in [5, 5.41) is 1.98. The lowest BCUT2D eigenvalue weighted by Gasteiger charge is -2.12. The van der Waals surface area contributed by atoms with Gasteiger partial charge >= 0.3 is 0 Å². The number of nitrogens with zero attached hydrogens (tertiary/aromatic N) is 1. The number of hydrogen-bond acceptors (Lipinski definition) is 5. The van der Waals surface area contributed by atoms with Crippen LogP contribution in [0.25, 0.3) is 10.8 Å². The fraction of sp³-hybridized carbons (Fsp3) is 0.263. The molecule has 0 N–H and O–H groups in total. The average molecular weight is 339 g/mol. The zero-order valence-electron chi connectivity index (χ0n) is 13.5. The Kier molecular flexibility index (Phi) is 3.73. The fourth-order valence-electron chi connectivity index (χ4n) is 3.27. The van der Waals surface area contributed by atoms with Gasteiger partial charge in [0, 0.05) is 6.42 Å². The highest BCUT2D eigenvalue weighted by Crippen LogP contribution is 2.40. The van der Waals surface area contributed by atoms with Gasteiger partial charge in [-0.05, 0) is 41.5 Å². The van der Waals surface area contributed by atoms with Crippen molar-refractivity contribution < 1.29 is 13.9 Å². The van der Waals surface area contributed by atoms with E-state index >= 15 is 0 Å². The molecule has 3 aromatic rings. The molecule has 0 saturated heterocycles. The molecule has 1 aliphatic carbocycles. The lowest BCUT2D eigenvalue weighted by molar-refractivity contribution is 0.0986. The average Bonchev–Trinajstić information content (AvgIpc) is 3.28. The number of carbonyl (C=O) groups is 1. The molecular formula is C19H17NO3S. The third-order valence-corrected chi connectivity index (χ3v) is 5.21. The first-order valence-electron chi connectivity index (χ1n) is 7.91. The maximum Gasteiger partial charge on any atom is 0.236 e. The van der Waals surface area contributed by atoms with Gasteiger partial charge in [-0.15, -0.1) is 11.3 Å². The highest BCUT2D eigenvalue weighted by Gasteiger charge is 2.31. The minimum absolute atomic E-state index is 0.163. The third kappa shape index (κ3) is 2.55. The Morgan fingerprint density at radius 1 is 1.38 bits per heavy atom. The molecular weight excluding hydrogens is 322 g/mol. The number of benzene rings is 1. The topological polar surface area (TPSA) is 52.3 Å². The molecule has 24 heavy (non-hydrogen) atoms. The van der Waals surface area contributed by atoms with Gasteiger partial charge in [-0.3, -0.25) is 4.79 Å². The number of Topliss-reactive ketones (excluding diaryl/α,β-unsaturated/α-hetero) is 1. The van der Waals surface area contributed by atoms with Crippen molar-refractivity contribution >= 4 is 17.1 Å². The van der Waals surface area contributed by atoms with Crippen LogP contribution in [-0.2, 0) is 6.61 Å². The molecule has 1 atom stereocenters. The first-order valence-corrected chi connectivity index (χ1v) is 8.79. The van der Waals surface area contributed by atoms with Crippen LogP contribution in [0.2, 0.25) is 0 Å². The van der Waals surface area contributed by atoms with Gasteiger partial charge < -0.3 is 9.15 Å². The van der Waals surface area contributed by atoms with Crippen LogP contribution in [0.5, 0.6) is 5.75 Å². The third-order valence-electron chi connectivity index (χ3n) is 4.35. The Labute approximate surface area is 144 Å². The standard InChI is InChI=1S/C19H17NO3S/c1-11-5-6-15(18-14(21)8-12(2)17(11)18)22-9-13-10-23-19(20-13)16-4-3-7-24-16/h3-7,10,12H,8-9H2,1-2H3/t12-/m0/s1. The molecule has 0 amide bonds. The molecule has 122 valence electrons. The van der Waals surface area contributed by atoms with Crippen molar-refractivity contribution in [2.75, 3.05) is 0 Å². The van der Waals surface area contributed by atoms with Crippen molar-refractivity contribution in [2.24, 2.45) is 0 Å². The van der Waals surface area contributed by atoms with Crippen molar-refractivity contribution in [2.45, 2.75) is 32.8 Å².